The summed E-state index contributed by atoms with van der Waals surface area (Å²) in [5.74, 6) is -0.781. The van der Waals surface area contributed by atoms with Gasteiger partial charge in [0.15, 0.2) is 0 Å². The molecule has 1 heterocycles. The topological polar surface area (TPSA) is 49.9 Å². The van der Waals surface area contributed by atoms with Crippen molar-refractivity contribution in [1.29, 1.82) is 0 Å². The van der Waals surface area contributed by atoms with Crippen LogP contribution in [0.5, 0.6) is 0 Å². The Labute approximate surface area is 127 Å². The highest BCUT2D eigenvalue weighted by Gasteiger charge is 2.38. The molecule has 5 heteroatoms. The molecule has 120 valence electrons. The Bertz CT molecular complexity index is 357. The van der Waals surface area contributed by atoms with E-state index in [9.17, 15) is 9.59 Å². The molecule has 0 unspecified atom stereocenters. The monoisotopic (exact) mass is 296 g/mol. The Morgan fingerprint density at radius 3 is 2.10 bits per heavy atom. The van der Waals surface area contributed by atoms with Crippen LogP contribution < -0.4 is 0 Å². The second kappa shape index (κ2) is 7.78. The van der Waals surface area contributed by atoms with Gasteiger partial charge in [-0.05, 0) is 25.8 Å². The van der Waals surface area contributed by atoms with Crippen LogP contribution in [0.4, 0.5) is 0 Å². The molecule has 1 saturated carbocycles. The van der Waals surface area contributed by atoms with E-state index < -0.39 is 5.92 Å². The fourth-order valence-electron chi connectivity index (χ4n) is 3.49. The lowest BCUT2D eigenvalue weighted by atomic mass is 9.85. The molecule has 0 N–H and O–H groups in total. The summed E-state index contributed by atoms with van der Waals surface area (Å²) in [6.45, 7) is 3.19. The first-order valence-electron chi connectivity index (χ1n) is 8.18. The zero-order valence-corrected chi connectivity index (χ0v) is 13.3. The molecular formula is C16H28N2O3. The van der Waals surface area contributed by atoms with Gasteiger partial charge in [0.25, 0.3) is 0 Å². The zero-order chi connectivity index (χ0) is 15.2. The summed E-state index contributed by atoms with van der Waals surface area (Å²) in [4.78, 5) is 29.1. The van der Waals surface area contributed by atoms with E-state index in [-0.39, 0.29) is 17.8 Å². The largest absolute Gasteiger partial charge is 0.468 e. The zero-order valence-electron chi connectivity index (χ0n) is 13.3. The van der Waals surface area contributed by atoms with E-state index in [4.69, 9.17) is 4.74 Å². The van der Waals surface area contributed by atoms with Crippen LogP contribution in [-0.4, -0.2) is 62.0 Å². The third kappa shape index (κ3) is 4.19. The van der Waals surface area contributed by atoms with E-state index in [2.05, 4.69) is 11.9 Å². The predicted molar refractivity (Wildman–Crippen MR) is 80.8 cm³/mol. The molecule has 1 amide bonds. The van der Waals surface area contributed by atoms with E-state index in [0.717, 1.165) is 51.9 Å². The standard InChI is InChI=1S/C16H28N2O3/c1-17-9-11-18(12-10-17)15(19)14(16(20)21-2)13-7-5-3-4-6-8-13/h13-14H,3-12H2,1-2H3/t14-/m1/s1. The van der Waals surface area contributed by atoms with E-state index in [1.54, 1.807) is 0 Å². The molecule has 0 spiro atoms. The molecule has 1 saturated heterocycles. The average Bonchev–Trinajstić information content (AvgIpc) is 2.77. The van der Waals surface area contributed by atoms with Gasteiger partial charge in [0, 0.05) is 26.2 Å². The minimum Gasteiger partial charge on any atom is -0.468 e. The van der Waals surface area contributed by atoms with Gasteiger partial charge in [-0.2, -0.15) is 0 Å². The van der Waals surface area contributed by atoms with Gasteiger partial charge in [-0.25, -0.2) is 0 Å². The smallest absolute Gasteiger partial charge is 0.318 e. The van der Waals surface area contributed by atoms with Gasteiger partial charge in [0.05, 0.1) is 7.11 Å². The Balaban J connectivity index is 2.07. The molecule has 1 atom stereocenters. The number of hydrogen-bond donors (Lipinski definition) is 0. The maximum Gasteiger partial charge on any atom is 0.318 e. The van der Waals surface area contributed by atoms with Gasteiger partial charge in [0.1, 0.15) is 5.92 Å². The van der Waals surface area contributed by atoms with Crippen LogP contribution in [0.3, 0.4) is 0 Å². The van der Waals surface area contributed by atoms with E-state index in [1.165, 1.54) is 20.0 Å². The number of ether oxygens (including phenoxy) is 1. The Morgan fingerprint density at radius 1 is 1.00 bits per heavy atom. The van der Waals surface area contributed by atoms with Gasteiger partial charge >= 0.3 is 5.97 Å². The van der Waals surface area contributed by atoms with Crippen molar-refractivity contribution in [1.82, 2.24) is 9.80 Å². The maximum absolute atomic E-state index is 12.8. The average molecular weight is 296 g/mol. The predicted octanol–water partition coefficient (Wildman–Crippen LogP) is 1.52. The molecule has 0 aromatic carbocycles. The molecular weight excluding hydrogens is 268 g/mol. The highest BCUT2D eigenvalue weighted by molar-refractivity contribution is 5.98. The van der Waals surface area contributed by atoms with Crippen molar-refractivity contribution in [3.63, 3.8) is 0 Å². The van der Waals surface area contributed by atoms with Crippen LogP contribution in [-0.2, 0) is 14.3 Å². The van der Waals surface area contributed by atoms with Gasteiger partial charge in [-0.3, -0.25) is 9.59 Å². The van der Waals surface area contributed by atoms with Crippen molar-refractivity contribution in [3.05, 3.63) is 0 Å². The van der Waals surface area contributed by atoms with Crippen LogP contribution >= 0.6 is 0 Å². The third-order valence-electron chi connectivity index (χ3n) is 4.91. The second-order valence-electron chi connectivity index (χ2n) is 6.38. The van der Waals surface area contributed by atoms with Gasteiger partial charge in [0.2, 0.25) is 5.91 Å². The number of carbonyl (C=O) groups is 2. The van der Waals surface area contributed by atoms with E-state index >= 15 is 0 Å². The minimum absolute atomic E-state index is 0.0122. The fourth-order valence-corrected chi connectivity index (χ4v) is 3.49. The Morgan fingerprint density at radius 2 is 1.57 bits per heavy atom. The lowest BCUT2D eigenvalue weighted by molar-refractivity contribution is -0.157. The van der Waals surface area contributed by atoms with Crippen LogP contribution in [0.15, 0.2) is 0 Å². The highest BCUT2D eigenvalue weighted by atomic mass is 16.5. The summed E-state index contributed by atoms with van der Waals surface area (Å²) >= 11 is 0. The minimum atomic E-state index is -0.587. The van der Waals surface area contributed by atoms with Crippen LogP contribution in [0.2, 0.25) is 0 Å². The summed E-state index contributed by atoms with van der Waals surface area (Å²) in [7, 11) is 3.45. The number of hydrogen-bond acceptors (Lipinski definition) is 4. The van der Waals surface area contributed by atoms with Gasteiger partial charge < -0.3 is 14.5 Å². The molecule has 0 aromatic heterocycles. The SMILES string of the molecule is COC(=O)[C@@H](C(=O)N1CCN(C)CC1)C1CCCCCC1. The molecule has 1 aliphatic heterocycles. The fraction of sp³-hybridized carbons (Fsp3) is 0.875. The van der Waals surface area contributed by atoms with Crippen LogP contribution in [0.25, 0.3) is 0 Å². The molecule has 0 aromatic rings. The number of methoxy groups -OCH3 is 1. The normalized spacial score (nSPS) is 23.4. The first-order chi connectivity index (χ1) is 10.1. The molecule has 2 aliphatic rings. The van der Waals surface area contributed by atoms with Crippen molar-refractivity contribution in [3.8, 4) is 0 Å². The summed E-state index contributed by atoms with van der Waals surface area (Å²) in [5, 5.41) is 0. The lowest BCUT2D eigenvalue weighted by Crippen LogP contribution is -2.51. The Kier molecular flexibility index (Phi) is 6.03. The highest BCUT2D eigenvalue weighted by Crippen LogP contribution is 2.31. The van der Waals surface area contributed by atoms with Gasteiger partial charge in [-0.15, -0.1) is 0 Å². The number of esters is 1. The second-order valence-corrected chi connectivity index (χ2v) is 6.38. The van der Waals surface area contributed by atoms with Crippen molar-refractivity contribution in [2.75, 3.05) is 40.3 Å². The van der Waals surface area contributed by atoms with E-state index in [0.29, 0.717) is 0 Å². The number of likely N-dealkylation sites (N-methyl/N-ethyl adjacent to an activating group) is 1. The quantitative estimate of drug-likeness (QED) is 0.450. The number of nitrogens with zero attached hydrogens (tertiary/aromatic N) is 2. The van der Waals surface area contributed by atoms with Crippen LogP contribution in [0, 0.1) is 11.8 Å². The molecule has 0 bridgehead atoms. The summed E-state index contributed by atoms with van der Waals surface area (Å²) < 4.78 is 4.94. The molecule has 1 aliphatic carbocycles. The van der Waals surface area contributed by atoms with Crippen molar-refractivity contribution < 1.29 is 14.3 Å². The number of piperazine rings is 1. The lowest BCUT2D eigenvalue weighted by Gasteiger charge is -2.35. The number of amides is 1. The maximum atomic E-state index is 12.8. The molecule has 21 heavy (non-hydrogen) atoms. The van der Waals surface area contributed by atoms with Gasteiger partial charge in [-0.1, -0.05) is 25.7 Å². The summed E-state index contributed by atoms with van der Waals surface area (Å²) in [6, 6.07) is 0. The molecule has 2 fully saturated rings. The summed E-state index contributed by atoms with van der Waals surface area (Å²) in [5.41, 5.74) is 0. The summed E-state index contributed by atoms with van der Waals surface area (Å²) in [6.07, 6.45) is 6.61. The van der Waals surface area contributed by atoms with Crippen molar-refractivity contribution in [2.24, 2.45) is 11.8 Å². The Hall–Kier alpha value is -1.10. The van der Waals surface area contributed by atoms with Crippen molar-refractivity contribution in [2.45, 2.75) is 38.5 Å². The first-order valence-corrected chi connectivity index (χ1v) is 8.18. The van der Waals surface area contributed by atoms with Crippen LogP contribution in [0.1, 0.15) is 38.5 Å². The van der Waals surface area contributed by atoms with Crippen molar-refractivity contribution >= 4 is 11.9 Å². The third-order valence-corrected chi connectivity index (χ3v) is 4.91. The molecule has 0 radical (unpaired) electrons. The number of carbonyl (C=O) groups excluding carboxylic acids is 2. The molecule has 2 rings (SSSR count). The van der Waals surface area contributed by atoms with E-state index in [1.807, 2.05) is 4.90 Å². The molecule has 5 nitrogen and oxygen atoms in total. The first kappa shape index (κ1) is 16.3. The number of rotatable bonds is 3.